The molecule has 0 radical (unpaired) electrons. The molecule has 1 saturated heterocycles. The van der Waals surface area contributed by atoms with E-state index in [0.29, 0.717) is 5.56 Å². The highest BCUT2D eigenvalue weighted by Crippen LogP contribution is 2.35. The summed E-state index contributed by atoms with van der Waals surface area (Å²) in [5.41, 5.74) is 6.17. The predicted octanol–water partition coefficient (Wildman–Crippen LogP) is 3.39. The lowest BCUT2D eigenvalue weighted by Gasteiger charge is -2.20. The van der Waals surface area contributed by atoms with Crippen LogP contribution in [0.3, 0.4) is 0 Å². The molecule has 1 aromatic rings. The van der Waals surface area contributed by atoms with E-state index in [4.69, 9.17) is 16.3 Å². The Hall–Kier alpha value is -2.19. The quantitative estimate of drug-likeness (QED) is 0.850. The largest absolute Gasteiger partial charge is 0.444 e. The molecule has 2 aliphatic rings. The average Bonchev–Trinajstić information content (AvgIpc) is 2.98. The van der Waals surface area contributed by atoms with Crippen molar-refractivity contribution >= 4 is 17.7 Å². The lowest BCUT2D eigenvalue weighted by Crippen LogP contribution is -2.27. The van der Waals surface area contributed by atoms with Gasteiger partial charge < -0.3 is 10.2 Å². The Morgan fingerprint density at radius 1 is 1.42 bits per heavy atom. The second-order valence-electron chi connectivity index (χ2n) is 5.31. The molecule has 0 saturated carbocycles. The van der Waals surface area contributed by atoms with Gasteiger partial charge >= 0.3 is 12.3 Å². The minimum atomic E-state index is -4.52. The zero-order valence-corrected chi connectivity index (χ0v) is 13.0. The summed E-state index contributed by atoms with van der Waals surface area (Å²) in [6.07, 6.45) is -0.117. The highest BCUT2D eigenvalue weighted by Gasteiger charge is 2.33. The van der Waals surface area contributed by atoms with Gasteiger partial charge in [-0.2, -0.15) is 13.2 Å². The molecule has 3 rings (SSSR count). The number of rotatable bonds is 2. The highest BCUT2D eigenvalue weighted by atomic mass is 35.5. The highest BCUT2D eigenvalue weighted by molar-refractivity contribution is 6.31. The average molecular weight is 360 g/mol. The van der Waals surface area contributed by atoms with E-state index in [9.17, 15) is 18.0 Å². The van der Waals surface area contributed by atoms with Crippen LogP contribution in [0.4, 0.5) is 18.0 Å². The fourth-order valence-corrected chi connectivity index (χ4v) is 2.68. The number of carbonyl (C=O) groups excluding carboxylic acids is 1. The molecule has 1 amide bonds. The van der Waals surface area contributed by atoms with Crippen LogP contribution in [0.5, 0.6) is 0 Å². The Bertz CT molecular complexity index is 718. The number of hydrazine groups is 1. The molecule has 1 aromatic carbocycles. The second-order valence-corrected chi connectivity index (χ2v) is 5.72. The van der Waals surface area contributed by atoms with Crippen molar-refractivity contribution in [1.29, 1.82) is 0 Å². The van der Waals surface area contributed by atoms with Crippen LogP contribution in [0, 0.1) is 5.92 Å². The number of alkyl halides is 3. The summed E-state index contributed by atoms with van der Waals surface area (Å²) in [5.74, 6) is 0.183. The Balaban J connectivity index is 1.62. The van der Waals surface area contributed by atoms with E-state index in [1.165, 1.54) is 11.0 Å². The van der Waals surface area contributed by atoms with E-state index in [2.05, 4.69) is 10.9 Å². The van der Waals surface area contributed by atoms with Gasteiger partial charge in [-0.25, -0.2) is 10.2 Å². The summed E-state index contributed by atoms with van der Waals surface area (Å²) in [4.78, 5) is 13.3. The van der Waals surface area contributed by atoms with Crippen LogP contribution >= 0.6 is 11.6 Å². The topological polar surface area (TPSA) is 53.6 Å². The number of halogens is 4. The zero-order chi connectivity index (χ0) is 17.3. The summed E-state index contributed by atoms with van der Waals surface area (Å²) in [5, 5.41) is -0.430. The van der Waals surface area contributed by atoms with E-state index in [0.717, 1.165) is 24.4 Å². The molecule has 0 aliphatic carbocycles. The van der Waals surface area contributed by atoms with Crippen molar-refractivity contribution in [2.24, 2.45) is 5.92 Å². The van der Waals surface area contributed by atoms with Gasteiger partial charge in [0.05, 0.1) is 16.3 Å². The van der Waals surface area contributed by atoms with Gasteiger partial charge in [-0.15, -0.1) is 0 Å². The molecule has 0 bridgehead atoms. The van der Waals surface area contributed by atoms with Gasteiger partial charge in [-0.3, -0.25) is 4.90 Å². The van der Waals surface area contributed by atoms with Crippen LogP contribution in [-0.4, -0.2) is 17.5 Å². The fourth-order valence-electron chi connectivity index (χ4n) is 2.37. The van der Waals surface area contributed by atoms with E-state index in [1.807, 2.05) is 6.08 Å². The monoisotopic (exact) mass is 359 g/mol. The number of fused-ring (bicyclic) bond motifs is 1. The standard InChI is InChI=1S/C15H13ClF3N3O2/c16-12-5-9(1-2-11(12)15(17,18)19)8-24-14(23)22-4-3-10-6-20-21-13(10)7-22/h1-5,7,10,20-21H,6,8H2. The maximum absolute atomic E-state index is 12.6. The number of benzene rings is 1. The van der Waals surface area contributed by atoms with Gasteiger partial charge in [0, 0.05) is 24.9 Å². The molecular formula is C15H13ClF3N3O2. The third-order valence-electron chi connectivity index (χ3n) is 3.62. The van der Waals surface area contributed by atoms with Gasteiger partial charge in [-0.05, 0) is 17.7 Å². The SMILES string of the molecule is O=C(OCc1ccc(C(F)(F)F)c(Cl)c1)N1C=CC2CNNC2=C1. The van der Waals surface area contributed by atoms with Gasteiger partial charge in [0.1, 0.15) is 6.61 Å². The molecular weight excluding hydrogens is 347 g/mol. The molecule has 2 heterocycles. The number of nitrogens with one attached hydrogen (secondary N) is 2. The first-order chi connectivity index (χ1) is 11.3. The first-order valence-corrected chi connectivity index (χ1v) is 7.42. The molecule has 2 N–H and O–H groups in total. The molecule has 1 unspecified atom stereocenters. The lowest BCUT2D eigenvalue weighted by molar-refractivity contribution is -0.137. The number of ether oxygens (including phenoxy) is 1. The molecule has 5 nitrogen and oxygen atoms in total. The normalized spacial score (nSPS) is 19.6. The molecule has 0 spiro atoms. The molecule has 1 fully saturated rings. The molecule has 9 heteroatoms. The van der Waals surface area contributed by atoms with Gasteiger partial charge in [0.2, 0.25) is 0 Å². The Labute approximate surface area is 140 Å². The first-order valence-electron chi connectivity index (χ1n) is 7.04. The van der Waals surface area contributed by atoms with Crippen LogP contribution in [0.25, 0.3) is 0 Å². The molecule has 0 aromatic heterocycles. The molecule has 1 atom stereocenters. The zero-order valence-electron chi connectivity index (χ0n) is 12.2. The van der Waals surface area contributed by atoms with E-state index in [1.54, 1.807) is 12.4 Å². The maximum atomic E-state index is 12.6. The van der Waals surface area contributed by atoms with Gasteiger partial charge in [0.15, 0.2) is 0 Å². The van der Waals surface area contributed by atoms with Crippen molar-refractivity contribution in [2.75, 3.05) is 6.54 Å². The van der Waals surface area contributed by atoms with Crippen molar-refractivity contribution in [1.82, 2.24) is 15.8 Å². The van der Waals surface area contributed by atoms with Crippen LogP contribution < -0.4 is 10.9 Å². The minimum absolute atomic E-state index is 0.181. The van der Waals surface area contributed by atoms with Crippen molar-refractivity contribution in [3.8, 4) is 0 Å². The van der Waals surface area contributed by atoms with Crippen molar-refractivity contribution < 1.29 is 22.7 Å². The summed E-state index contributed by atoms with van der Waals surface area (Å²) >= 11 is 5.63. The van der Waals surface area contributed by atoms with E-state index < -0.39 is 22.9 Å². The van der Waals surface area contributed by atoms with Gasteiger partial charge in [0.25, 0.3) is 0 Å². The third-order valence-corrected chi connectivity index (χ3v) is 3.94. The fraction of sp³-hybridized carbons (Fsp3) is 0.267. The smallest absolute Gasteiger partial charge is 0.418 e. The van der Waals surface area contributed by atoms with Crippen LogP contribution in [0.15, 0.2) is 42.4 Å². The Morgan fingerprint density at radius 2 is 2.21 bits per heavy atom. The maximum Gasteiger partial charge on any atom is 0.418 e. The van der Waals surface area contributed by atoms with Crippen LogP contribution in [-0.2, 0) is 17.5 Å². The van der Waals surface area contributed by atoms with E-state index in [-0.39, 0.29) is 12.5 Å². The summed E-state index contributed by atoms with van der Waals surface area (Å²) in [6, 6.07) is 3.23. The van der Waals surface area contributed by atoms with Crippen molar-refractivity contribution in [2.45, 2.75) is 12.8 Å². The molecule has 2 aliphatic heterocycles. The van der Waals surface area contributed by atoms with Crippen LogP contribution in [0.2, 0.25) is 5.02 Å². The number of hydrogen-bond donors (Lipinski definition) is 2. The number of nitrogens with zero attached hydrogens (tertiary/aromatic N) is 1. The summed E-state index contributed by atoms with van der Waals surface area (Å²) < 4.78 is 43.0. The van der Waals surface area contributed by atoms with Gasteiger partial charge in [-0.1, -0.05) is 23.7 Å². The Morgan fingerprint density at radius 3 is 2.92 bits per heavy atom. The lowest BCUT2D eigenvalue weighted by atomic mass is 10.1. The minimum Gasteiger partial charge on any atom is -0.444 e. The number of amides is 1. The third kappa shape index (κ3) is 3.49. The summed E-state index contributed by atoms with van der Waals surface area (Å²) in [7, 11) is 0. The first kappa shape index (κ1) is 16.7. The van der Waals surface area contributed by atoms with Crippen molar-refractivity contribution in [3.05, 3.63) is 58.5 Å². The van der Waals surface area contributed by atoms with Crippen LogP contribution in [0.1, 0.15) is 11.1 Å². The second kappa shape index (κ2) is 6.37. The number of carbonyl (C=O) groups is 1. The number of hydrogen-bond acceptors (Lipinski definition) is 4. The molecule has 128 valence electrons. The molecule has 24 heavy (non-hydrogen) atoms. The predicted molar refractivity (Wildman–Crippen MR) is 80.3 cm³/mol. The summed E-state index contributed by atoms with van der Waals surface area (Å²) in [6.45, 7) is 0.550. The van der Waals surface area contributed by atoms with E-state index >= 15 is 0 Å². The Kier molecular flexibility index (Phi) is 4.42. The van der Waals surface area contributed by atoms with Crippen molar-refractivity contribution in [3.63, 3.8) is 0 Å².